The number of nitrogens with zero attached hydrogens (tertiary/aromatic N) is 2. The number of aliphatic imine (C=N–C) groups is 1. The molecule has 1 aromatic carbocycles. The fourth-order valence-corrected chi connectivity index (χ4v) is 2.27. The maximum atomic E-state index is 11.9. The molecule has 6 N–H and O–H groups in total. The number of H-pyrrole nitrogens is 1. The lowest BCUT2D eigenvalue weighted by molar-refractivity contribution is 1.04. The van der Waals surface area contributed by atoms with Gasteiger partial charge in [0.1, 0.15) is 5.82 Å². The molecule has 7 nitrogen and oxygen atoms in total. The third-order valence-corrected chi connectivity index (χ3v) is 3.31. The van der Waals surface area contributed by atoms with Crippen LogP contribution in [0.15, 0.2) is 28.0 Å². The van der Waals surface area contributed by atoms with Gasteiger partial charge in [-0.3, -0.25) is 10.2 Å². The molecule has 1 heterocycles. The van der Waals surface area contributed by atoms with Crippen LogP contribution >= 0.6 is 23.4 Å². The summed E-state index contributed by atoms with van der Waals surface area (Å²) in [6, 6.07) is 4.89. The van der Waals surface area contributed by atoms with E-state index in [1.165, 1.54) is 0 Å². The Balaban J connectivity index is 2.24. The molecular weight excluding hydrogens is 300 g/mol. The van der Waals surface area contributed by atoms with Crippen molar-refractivity contribution < 1.29 is 0 Å². The maximum absolute atomic E-state index is 11.9. The quantitative estimate of drug-likeness (QED) is 0.485. The zero-order chi connectivity index (χ0) is 14.7. The normalized spacial score (nSPS) is 10.4. The second-order valence-electron chi connectivity index (χ2n) is 3.80. The minimum Gasteiger partial charge on any atom is -0.370 e. The van der Waals surface area contributed by atoms with Crippen molar-refractivity contribution in [2.45, 2.75) is 5.75 Å². The average molecular weight is 311 g/mol. The van der Waals surface area contributed by atoms with Crippen LogP contribution in [-0.2, 0) is 5.75 Å². The van der Waals surface area contributed by atoms with Crippen molar-refractivity contribution in [3.63, 3.8) is 0 Å². The lowest BCUT2D eigenvalue weighted by Gasteiger charge is -2.02. The summed E-state index contributed by atoms with van der Waals surface area (Å²) in [6.07, 6.45) is 0. The zero-order valence-corrected chi connectivity index (χ0v) is 11.8. The summed E-state index contributed by atoms with van der Waals surface area (Å²) in [6.45, 7) is 0. The van der Waals surface area contributed by atoms with Crippen molar-refractivity contribution in [2.75, 3.05) is 0 Å². The number of halogens is 1. The van der Waals surface area contributed by atoms with Crippen LogP contribution in [-0.4, -0.2) is 21.1 Å². The smallest absolute Gasteiger partial charge is 0.258 e. The summed E-state index contributed by atoms with van der Waals surface area (Å²) in [4.78, 5) is 22.4. The summed E-state index contributed by atoms with van der Waals surface area (Å²) in [5.41, 5.74) is 10.6. The highest BCUT2D eigenvalue weighted by Gasteiger charge is 2.06. The molecule has 0 spiro atoms. The van der Waals surface area contributed by atoms with Gasteiger partial charge in [0, 0.05) is 5.02 Å². The van der Waals surface area contributed by atoms with Crippen LogP contribution in [0.5, 0.6) is 0 Å². The molecule has 0 aliphatic rings. The molecule has 9 heteroatoms. The van der Waals surface area contributed by atoms with Crippen LogP contribution in [0.4, 0.5) is 0 Å². The van der Waals surface area contributed by atoms with Gasteiger partial charge in [-0.2, -0.15) is 4.99 Å². The van der Waals surface area contributed by atoms with Gasteiger partial charge in [0.2, 0.25) is 0 Å². The number of fused-ring (bicyclic) bond motifs is 1. The van der Waals surface area contributed by atoms with Crippen molar-refractivity contribution in [3.05, 3.63) is 39.4 Å². The highest BCUT2D eigenvalue weighted by molar-refractivity contribution is 8.13. The maximum Gasteiger partial charge on any atom is 0.258 e. The van der Waals surface area contributed by atoms with E-state index in [2.05, 4.69) is 15.0 Å². The van der Waals surface area contributed by atoms with E-state index in [1.54, 1.807) is 18.2 Å². The van der Waals surface area contributed by atoms with Gasteiger partial charge in [-0.25, -0.2) is 4.98 Å². The molecule has 0 radical (unpaired) electrons. The number of nitrogens with one attached hydrogen (secondary N) is 2. The molecule has 0 fully saturated rings. The predicted molar refractivity (Wildman–Crippen MR) is 82.2 cm³/mol. The van der Waals surface area contributed by atoms with E-state index >= 15 is 0 Å². The lowest BCUT2D eigenvalue weighted by atomic mass is 10.2. The minimum atomic E-state index is -0.276. The van der Waals surface area contributed by atoms with Crippen LogP contribution in [0.2, 0.25) is 5.02 Å². The number of thioether (sulfide) groups is 1. The average Bonchev–Trinajstić information content (AvgIpc) is 2.36. The topological polar surface area (TPSA) is 134 Å². The molecule has 20 heavy (non-hydrogen) atoms. The van der Waals surface area contributed by atoms with E-state index in [0.717, 1.165) is 11.8 Å². The number of rotatable bonds is 2. The van der Waals surface area contributed by atoms with Gasteiger partial charge in [0.25, 0.3) is 5.56 Å². The molecule has 2 rings (SSSR count). The number of hydrogen-bond donors (Lipinski definition) is 4. The van der Waals surface area contributed by atoms with Crippen molar-refractivity contribution in [2.24, 2.45) is 16.5 Å². The number of aromatic amines is 1. The Morgan fingerprint density at radius 2 is 2.25 bits per heavy atom. The number of nitrogens with two attached hydrogens (primary N) is 2. The summed E-state index contributed by atoms with van der Waals surface area (Å²) in [5.74, 6) is 0.533. The van der Waals surface area contributed by atoms with E-state index < -0.39 is 0 Å². The van der Waals surface area contributed by atoms with Crippen molar-refractivity contribution >= 4 is 45.4 Å². The van der Waals surface area contributed by atoms with Crippen LogP contribution in [0.1, 0.15) is 5.82 Å². The van der Waals surface area contributed by atoms with Gasteiger partial charge in [-0.05, 0) is 18.2 Å². The Morgan fingerprint density at radius 3 is 2.95 bits per heavy atom. The number of amidine groups is 1. The summed E-state index contributed by atoms with van der Waals surface area (Å²) in [5, 5.41) is 8.33. The Labute approximate surface area is 122 Å². The van der Waals surface area contributed by atoms with Crippen molar-refractivity contribution in [1.29, 1.82) is 5.41 Å². The van der Waals surface area contributed by atoms with E-state index in [9.17, 15) is 4.79 Å². The first-order valence-corrected chi connectivity index (χ1v) is 6.81. The molecule has 0 saturated heterocycles. The molecule has 0 aliphatic heterocycles. The fraction of sp³-hybridized carbons (Fsp3) is 0.0909. The lowest BCUT2D eigenvalue weighted by Crippen LogP contribution is -2.23. The van der Waals surface area contributed by atoms with E-state index in [-0.39, 0.29) is 22.4 Å². The first-order chi connectivity index (χ1) is 9.45. The predicted octanol–water partition coefficient (Wildman–Crippen LogP) is 1.02. The highest BCUT2D eigenvalue weighted by atomic mass is 35.5. The standard InChI is InChI=1S/C11H11ClN6OS/c12-5-1-2-7-6(3-5)9(19)17-8(16-7)4-20-11(15)18-10(13)14/h1-3H,4H2,(H,16,17,19)(H5,13,14,15,18). The van der Waals surface area contributed by atoms with Crippen molar-refractivity contribution in [1.82, 2.24) is 9.97 Å². The number of benzene rings is 1. The zero-order valence-electron chi connectivity index (χ0n) is 10.2. The fourth-order valence-electron chi connectivity index (χ4n) is 1.51. The number of hydrogen-bond acceptors (Lipinski definition) is 4. The first-order valence-electron chi connectivity index (χ1n) is 5.45. The molecule has 0 bridgehead atoms. The molecule has 0 unspecified atom stereocenters. The van der Waals surface area contributed by atoms with Crippen LogP contribution in [0.25, 0.3) is 10.9 Å². The monoisotopic (exact) mass is 310 g/mol. The Bertz CT molecular complexity index is 752. The van der Waals surface area contributed by atoms with Gasteiger partial charge >= 0.3 is 0 Å². The van der Waals surface area contributed by atoms with Crippen LogP contribution in [0.3, 0.4) is 0 Å². The Kier molecular flexibility index (Phi) is 4.26. The molecule has 2 aromatic rings. The van der Waals surface area contributed by atoms with E-state index in [0.29, 0.717) is 21.7 Å². The second kappa shape index (κ2) is 5.93. The number of aromatic nitrogens is 2. The first kappa shape index (κ1) is 14.4. The number of guanidine groups is 1. The van der Waals surface area contributed by atoms with Gasteiger partial charge < -0.3 is 16.5 Å². The van der Waals surface area contributed by atoms with E-state index in [4.69, 9.17) is 28.5 Å². The van der Waals surface area contributed by atoms with Gasteiger partial charge in [0.05, 0.1) is 16.7 Å². The van der Waals surface area contributed by atoms with Crippen LogP contribution < -0.4 is 17.0 Å². The van der Waals surface area contributed by atoms with E-state index in [1.807, 2.05) is 0 Å². The Morgan fingerprint density at radius 1 is 1.50 bits per heavy atom. The van der Waals surface area contributed by atoms with Gasteiger partial charge in [0.15, 0.2) is 11.1 Å². The molecule has 104 valence electrons. The molecule has 0 saturated carbocycles. The third kappa shape index (κ3) is 3.49. The molecule has 0 amide bonds. The largest absolute Gasteiger partial charge is 0.370 e. The summed E-state index contributed by atoms with van der Waals surface area (Å²) in [7, 11) is 0. The molecule has 0 aliphatic carbocycles. The SMILES string of the molecule is N=C(N=C(N)N)SCc1nc2ccc(Cl)cc2c(=O)[nH]1. The minimum absolute atomic E-state index is 0.0520. The molecule has 1 aromatic heterocycles. The Hall–Kier alpha value is -2.06. The second-order valence-corrected chi connectivity index (χ2v) is 5.21. The van der Waals surface area contributed by atoms with Gasteiger partial charge in [-0.15, -0.1) is 0 Å². The third-order valence-electron chi connectivity index (χ3n) is 2.29. The van der Waals surface area contributed by atoms with Gasteiger partial charge in [-0.1, -0.05) is 23.4 Å². The molecule has 0 atom stereocenters. The summed E-state index contributed by atoms with van der Waals surface area (Å²) >= 11 is 6.89. The highest BCUT2D eigenvalue weighted by Crippen LogP contribution is 2.16. The van der Waals surface area contributed by atoms with Crippen molar-refractivity contribution in [3.8, 4) is 0 Å². The van der Waals surface area contributed by atoms with Crippen LogP contribution in [0, 0.1) is 5.41 Å². The molecular formula is C11H11ClN6OS. The summed E-state index contributed by atoms with van der Waals surface area (Å²) < 4.78 is 0.